The van der Waals surface area contributed by atoms with Crippen LogP contribution in [0.2, 0.25) is 0 Å². The summed E-state index contributed by atoms with van der Waals surface area (Å²) in [6, 6.07) is 7.34. The van der Waals surface area contributed by atoms with Crippen molar-refractivity contribution in [3.05, 3.63) is 57.8 Å². The lowest BCUT2D eigenvalue weighted by Gasteiger charge is -2.19. The lowest BCUT2D eigenvalue weighted by molar-refractivity contribution is 0.0733. The van der Waals surface area contributed by atoms with Crippen molar-refractivity contribution in [2.75, 3.05) is 0 Å². The van der Waals surface area contributed by atoms with Gasteiger partial charge in [-0.1, -0.05) is 6.07 Å². The maximum Gasteiger partial charge on any atom is 0.345 e. The maximum absolute atomic E-state index is 12.1. The number of pyridine rings is 1. The summed E-state index contributed by atoms with van der Waals surface area (Å²) in [5.74, 6) is 0.203. The van der Waals surface area contributed by atoms with E-state index in [-0.39, 0.29) is 5.97 Å². The Bertz CT molecular complexity index is 640. The molecule has 4 heteroatoms. The van der Waals surface area contributed by atoms with E-state index < -0.39 is 0 Å². The predicted molar refractivity (Wildman–Crippen MR) is 80.0 cm³/mol. The Kier molecular flexibility index (Phi) is 3.83. The number of fused-ring (bicyclic) bond motifs is 1. The second-order valence-electron chi connectivity index (χ2n) is 4.85. The van der Waals surface area contributed by atoms with Crippen molar-refractivity contribution >= 4 is 21.9 Å². The molecular formula is C16H14BrNO2. The van der Waals surface area contributed by atoms with E-state index in [4.69, 9.17) is 4.74 Å². The molecule has 0 aliphatic heterocycles. The summed E-state index contributed by atoms with van der Waals surface area (Å²) in [5, 5.41) is 0. The lowest BCUT2D eigenvalue weighted by Crippen LogP contribution is -2.11. The van der Waals surface area contributed by atoms with E-state index in [1.807, 2.05) is 6.07 Å². The van der Waals surface area contributed by atoms with Gasteiger partial charge in [-0.15, -0.1) is 0 Å². The molecule has 102 valence electrons. The Morgan fingerprint density at radius 3 is 2.85 bits per heavy atom. The highest BCUT2D eigenvalue weighted by atomic mass is 79.9. The largest absolute Gasteiger partial charge is 0.422 e. The molecule has 3 rings (SSSR count). The monoisotopic (exact) mass is 331 g/mol. The number of esters is 1. The number of halogens is 1. The molecule has 0 unspecified atom stereocenters. The van der Waals surface area contributed by atoms with E-state index in [2.05, 4.69) is 27.0 Å². The first-order valence-corrected chi connectivity index (χ1v) is 7.47. The second-order valence-corrected chi connectivity index (χ2v) is 5.65. The minimum Gasteiger partial charge on any atom is -0.422 e. The highest BCUT2D eigenvalue weighted by Crippen LogP contribution is 2.35. The fourth-order valence-corrected chi connectivity index (χ4v) is 3.15. The normalized spacial score (nSPS) is 13.7. The number of nitrogens with zero attached hydrogens (tertiary/aromatic N) is 1. The zero-order valence-electron chi connectivity index (χ0n) is 10.9. The van der Waals surface area contributed by atoms with Crippen LogP contribution in [0.15, 0.2) is 41.1 Å². The Labute approximate surface area is 126 Å². The van der Waals surface area contributed by atoms with Crippen LogP contribution in [-0.2, 0) is 12.8 Å². The molecule has 0 amide bonds. The van der Waals surface area contributed by atoms with Gasteiger partial charge in [-0.2, -0.15) is 0 Å². The van der Waals surface area contributed by atoms with Gasteiger partial charge in [0.05, 0.1) is 10.0 Å². The number of aromatic nitrogens is 1. The van der Waals surface area contributed by atoms with Gasteiger partial charge in [-0.05, 0) is 70.9 Å². The minimum atomic E-state index is -0.380. The summed E-state index contributed by atoms with van der Waals surface area (Å²) >= 11 is 3.58. The van der Waals surface area contributed by atoms with Crippen molar-refractivity contribution in [1.82, 2.24) is 4.98 Å². The summed E-state index contributed by atoms with van der Waals surface area (Å²) in [4.78, 5) is 16.0. The first-order valence-electron chi connectivity index (χ1n) is 6.68. The molecule has 1 aromatic heterocycles. The zero-order valence-corrected chi connectivity index (χ0v) is 12.5. The molecule has 0 spiro atoms. The molecule has 0 bridgehead atoms. The fourth-order valence-electron chi connectivity index (χ4n) is 2.48. The summed E-state index contributed by atoms with van der Waals surface area (Å²) < 4.78 is 6.38. The molecule has 2 aromatic rings. The van der Waals surface area contributed by atoms with Crippen LogP contribution >= 0.6 is 15.9 Å². The third-order valence-electron chi connectivity index (χ3n) is 3.53. The van der Waals surface area contributed by atoms with E-state index in [0.29, 0.717) is 11.3 Å². The fraction of sp³-hybridized carbons (Fsp3) is 0.250. The van der Waals surface area contributed by atoms with Gasteiger partial charge >= 0.3 is 5.97 Å². The van der Waals surface area contributed by atoms with E-state index in [1.165, 1.54) is 30.2 Å². The van der Waals surface area contributed by atoms with Gasteiger partial charge in [0.15, 0.2) is 0 Å². The van der Waals surface area contributed by atoms with Gasteiger partial charge in [0.1, 0.15) is 5.75 Å². The van der Waals surface area contributed by atoms with Crippen LogP contribution in [0.25, 0.3) is 0 Å². The smallest absolute Gasteiger partial charge is 0.345 e. The Hall–Kier alpha value is -1.68. The SMILES string of the molecule is O=C(Oc1ccc2c(c1Br)CCCC2)c1cccnc1. The minimum absolute atomic E-state index is 0.380. The molecule has 0 fully saturated rings. The van der Waals surface area contributed by atoms with Crippen molar-refractivity contribution < 1.29 is 9.53 Å². The van der Waals surface area contributed by atoms with Crippen molar-refractivity contribution in [1.29, 1.82) is 0 Å². The molecule has 1 aliphatic rings. The van der Waals surface area contributed by atoms with Crippen LogP contribution in [-0.4, -0.2) is 11.0 Å². The standard InChI is InChI=1S/C16H14BrNO2/c17-15-13-6-2-1-4-11(13)7-8-14(15)20-16(19)12-5-3-9-18-10-12/h3,5,7-10H,1-2,4,6H2. The van der Waals surface area contributed by atoms with Crippen LogP contribution in [0, 0.1) is 0 Å². The van der Waals surface area contributed by atoms with Crippen molar-refractivity contribution in [2.45, 2.75) is 25.7 Å². The zero-order chi connectivity index (χ0) is 13.9. The van der Waals surface area contributed by atoms with Gasteiger partial charge in [-0.3, -0.25) is 4.98 Å². The van der Waals surface area contributed by atoms with E-state index in [1.54, 1.807) is 18.3 Å². The maximum atomic E-state index is 12.1. The number of hydrogen-bond acceptors (Lipinski definition) is 3. The van der Waals surface area contributed by atoms with Crippen LogP contribution < -0.4 is 4.74 Å². The quantitative estimate of drug-likeness (QED) is 0.618. The van der Waals surface area contributed by atoms with Gasteiger partial charge in [0.25, 0.3) is 0 Å². The van der Waals surface area contributed by atoms with Crippen molar-refractivity contribution in [3.63, 3.8) is 0 Å². The van der Waals surface area contributed by atoms with E-state index >= 15 is 0 Å². The highest BCUT2D eigenvalue weighted by Gasteiger charge is 2.18. The average molecular weight is 332 g/mol. The number of benzene rings is 1. The Morgan fingerprint density at radius 2 is 2.05 bits per heavy atom. The first kappa shape index (κ1) is 13.3. The number of carbonyl (C=O) groups is 1. The van der Waals surface area contributed by atoms with Gasteiger partial charge in [0.2, 0.25) is 0 Å². The number of carbonyl (C=O) groups excluding carboxylic acids is 1. The molecule has 1 aliphatic carbocycles. The van der Waals surface area contributed by atoms with Crippen LogP contribution in [0.4, 0.5) is 0 Å². The van der Waals surface area contributed by atoms with Crippen LogP contribution in [0.5, 0.6) is 5.75 Å². The lowest BCUT2D eigenvalue weighted by atomic mass is 9.92. The van der Waals surface area contributed by atoms with Crippen LogP contribution in [0.3, 0.4) is 0 Å². The van der Waals surface area contributed by atoms with Crippen LogP contribution in [0.1, 0.15) is 34.3 Å². The second kappa shape index (κ2) is 5.75. The third kappa shape index (κ3) is 2.61. The number of hydrogen-bond donors (Lipinski definition) is 0. The molecule has 0 saturated carbocycles. The topological polar surface area (TPSA) is 39.2 Å². The predicted octanol–water partition coefficient (Wildman–Crippen LogP) is 3.94. The molecular weight excluding hydrogens is 318 g/mol. The Balaban J connectivity index is 1.86. The van der Waals surface area contributed by atoms with Gasteiger partial charge < -0.3 is 4.74 Å². The number of aryl methyl sites for hydroxylation is 1. The van der Waals surface area contributed by atoms with E-state index in [9.17, 15) is 4.79 Å². The molecule has 1 aromatic carbocycles. The molecule has 0 atom stereocenters. The summed E-state index contributed by atoms with van der Waals surface area (Å²) in [5.41, 5.74) is 3.08. The molecule has 20 heavy (non-hydrogen) atoms. The highest BCUT2D eigenvalue weighted by molar-refractivity contribution is 9.10. The molecule has 1 heterocycles. The molecule has 0 N–H and O–H groups in total. The van der Waals surface area contributed by atoms with Crippen molar-refractivity contribution in [2.24, 2.45) is 0 Å². The summed E-state index contributed by atoms with van der Waals surface area (Å²) in [6.45, 7) is 0. The number of ether oxygens (including phenoxy) is 1. The van der Waals surface area contributed by atoms with Crippen molar-refractivity contribution in [3.8, 4) is 5.75 Å². The molecule has 3 nitrogen and oxygen atoms in total. The van der Waals surface area contributed by atoms with Gasteiger partial charge in [0, 0.05) is 12.4 Å². The Morgan fingerprint density at radius 1 is 1.20 bits per heavy atom. The third-order valence-corrected chi connectivity index (χ3v) is 4.40. The van der Waals surface area contributed by atoms with Gasteiger partial charge in [-0.25, -0.2) is 4.79 Å². The molecule has 0 saturated heterocycles. The van der Waals surface area contributed by atoms with E-state index in [0.717, 1.165) is 17.3 Å². The average Bonchev–Trinajstić information content (AvgIpc) is 2.51. The summed E-state index contributed by atoms with van der Waals surface area (Å²) in [6.07, 6.45) is 7.69. The summed E-state index contributed by atoms with van der Waals surface area (Å²) in [7, 11) is 0. The first-order chi connectivity index (χ1) is 9.75. The number of rotatable bonds is 2. The molecule has 0 radical (unpaired) electrons.